The molecule has 27 heavy (non-hydrogen) atoms. The Morgan fingerprint density at radius 2 is 1.96 bits per heavy atom. The fourth-order valence-electron chi connectivity index (χ4n) is 2.60. The molecule has 0 amide bonds. The Morgan fingerprint density at radius 1 is 1.19 bits per heavy atom. The van der Waals surface area contributed by atoms with Gasteiger partial charge in [0.05, 0.1) is 29.2 Å². The zero-order valence-electron chi connectivity index (χ0n) is 14.3. The van der Waals surface area contributed by atoms with Gasteiger partial charge in [-0.1, -0.05) is 23.4 Å². The van der Waals surface area contributed by atoms with Gasteiger partial charge in [-0.05, 0) is 18.4 Å². The van der Waals surface area contributed by atoms with Gasteiger partial charge >= 0.3 is 0 Å². The van der Waals surface area contributed by atoms with E-state index in [1.807, 2.05) is 24.6 Å². The number of hydrogen-bond acceptors (Lipinski definition) is 7. The summed E-state index contributed by atoms with van der Waals surface area (Å²) in [6, 6.07) is 3.69. The summed E-state index contributed by atoms with van der Waals surface area (Å²) >= 11 is 7.34. The molecule has 4 aromatic heterocycles. The van der Waals surface area contributed by atoms with Gasteiger partial charge in [-0.2, -0.15) is 5.10 Å². The molecular weight excluding hydrogens is 389 g/mol. The van der Waals surface area contributed by atoms with Gasteiger partial charge in [0.15, 0.2) is 16.1 Å². The number of thioether (sulfide) groups is 1. The number of halogens is 2. The molecule has 10 heteroatoms. The van der Waals surface area contributed by atoms with Crippen molar-refractivity contribution in [1.29, 1.82) is 0 Å². The van der Waals surface area contributed by atoms with Crippen LogP contribution in [0.25, 0.3) is 16.6 Å². The molecule has 4 heterocycles. The third-order valence-corrected chi connectivity index (χ3v) is 4.80. The molecular formula is C17H13ClFN7S. The van der Waals surface area contributed by atoms with Crippen LogP contribution in [0, 0.1) is 5.82 Å². The van der Waals surface area contributed by atoms with Gasteiger partial charge in [0, 0.05) is 25.6 Å². The first-order valence-corrected chi connectivity index (χ1v) is 9.43. The fourth-order valence-corrected chi connectivity index (χ4v) is 3.11. The highest BCUT2D eigenvalue weighted by atomic mass is 35.5. The van der Waals surface area contributed by atoms with Gasteiger partial charge in [0.1, 0.15) is 11.3 Å². The monoisotopic (exact) mass is 401 g/mol. The molecule has 0 bridgehead atoms. The molecule has 0 unspecified atom stereocenters. The molecule has 0 N–H and O–H groups in total. The maximum atomic E-state index is 14.5. The van der Waals surface area contributed by atoms with Gasteiger partial charge in [-0.3, -0.25) is 4.98 Å². The SMILES string of the molecule is CSc1ncc2c(N(C)c3cnn(-c4ccncc4)c3)nc(Cl)c(F)c2n1. The van der Waals surface area contributed by atoms with E-state index >= 15 is 0 Å². The summed E-state index contributed by atoms with van der Waals surface area (Å²) in [6.07, 6.45) is 10.3. The molecule has 0 fully saturated rings. The molecule has 0 radical (unpaired) electrons. The van der Waals surface area contributed by atoms with Crippen molar-refractivity contribution >= 4 is 45.8 Å². The summed E-state index contributed by atoms with van der Waals surface area (Å²) < 4.78 is 16.2. The topological polar surface area (TPSA) is 72.6 Å². The molecule has 0 aromatic carbocycles. The molecule has 0 saturated carbocycles. The number of rotatable bonds is 4. The predicted octanol–water partition coefficient (Wildman–Crippen LogP) is 3.89. The molecule has 0 spiro atoms. The second-order valence-electron chi connectivity index (χ2n) is 5.57. The number of fused-ring (bicyclic) bond motifs is 1. The lowest BCUT2D eigenvalue weighted by Crippen LogP contribution is -2.12. The Balaban J connectivity index is 1.80. The second kappa shape index (κ2) is 7.09. The van der Waals surface area contributed by atoms with E-state index in [4.69, 9.17) is 11.6 Å². The largest absolute Gasteiger partial charge is 0.326 e. The Kier molecular flexibility index (Phi) is 4.63. The van der Waals surface area contributed by atoms with Crippen LogP contribution in [0.5, 0.6) is 0 Å². The molecule has 4 rings (SSSR count). The van der Waals surface area contributed by atoms with Crippen molar-refractivity contribution in [3.8, 4) is 5.69 Å². The first kappa shape index (κ1) is 17.6. The van der Waals surface area contributed by atoms with Crippen molar-refractivity contribution < 1.29 is 4.39 Å². The Labute approximate surface area is 163 Å². The fraction of sp³-hybridized carbons (Fsp3) is 0.118. The molecule has 0 atom stereocenters. The minimum Gasteiger partial charge on any atom is -0.326 e. The summed E-state index contributed by atoms with van der Waals surface area (Å²) in [7, 11) is 1.80. The highest BCUT2D eigenvalue weighted by Gasteiger charge is 2.19. The first-order valence-electron chi connectivity index (χ1n) is 7.83. The van der Waals surface area contributed by atoms with Gasteiger partial charge in [0.25, 0.3) is 0 Å². The van der Waals surface area contributed by atoms with Gasteiger partial charge in [-0.25, -0.2) is 24.0 Å². The summed E-state index contributed by atoms with van der Waals surface area (Å²) in [5, 5.41) is 5.05. The molecule has 0 aliphatic carbocycles. The van der Waals surface area contributed by atoms with Crippen LogP contribution in [0.1, 0.15) is 0 Å². The van der Waals surface area contributed by atoms with Crippen LogP contribution in [0.4, 0.5) is 15.9 Å². The lowest BCUT2D eigenvalue weighted by molar-refractivity contribution is 0.629. The first-order chi connectivity index (χ1) is 13.1. The van der Waals surface area contributed by atoms with Crippen molar-refractivity contribution in [2.75, 3.05) is 18.2 Å². The molecule has 7 nitrogen and oxygen atoms in total. The summed E-state index contributed by atoms with van der Waals surface area (Å²) in [5.41, 5.74) is 1.75. The van der Waals surface area contributed by atoms with E-state index in [0.717, 1.165) is 11.4 Å². The van der Waals surface area contributed by atoms with Crippen LogP contribution in [0.3, 0.4) is 0 Å². The summed E-state index contributed by atoms with van der Waals surface area (Å²) in [5.74, 6) is -0.215. The number of pyridine rings is 2. The molecule has 136 valence electrons. The van der Waals surface area contributed by atoms with Gasteiger partial charge in [0.2, 0.25) is 0 Å². The van der Waals surface area contributed by atoms with Crippen molar-refractivity contribution in [3.63, 3.8) is 0 Å². The minimum absolute atomic E-state index is 0.137. The second-order valence-corrected chi connectivity index (χ2v) is 6.70. The van der Waals surface area contributed by atoms with Crippen LogP contribution in [-0.2, 0) is 0 Å². The molecule has 0 saturated heterocycles. The van der Waals surface area contributed by atoms with E-state index in [1.54, 1.807) is 41.4 Å². The smallest absolute Gasteiger partial charge is 0.187 e. The molecule has 4 aromatic rings. The van der Waals surface area contributed by atoms with Crippen LogP contribution < -0.4 is 4.90 Å². The molecule has 0 aliphatic rings. The third-order valence-electron chi connectivity index (χ3n) is 3.98. The van der Waals surface area contributed by atoms with E-state index in [1.165, 1.54) is 11.8 Å². The van der Waals surface area contributed by atoms with Gasteiger partial charge in [-0.15, -0.1) is 0 Å². The number of aromatic nitrogens is 6. The van der Waals surface area contributed by atoms with E-state index in [9.17, 15) is 4.39 Å². The zero-order chi connectivity index (χ0) is 19.0. The third kappa shape index (κ3) is 3.19. The maximum Gasteiger partial charge on any atom is 0.187 e. The highest BCUT2D eigenvalue weighted by molar-refractivity contribution is 7.98. The molecule has 0 aliphatic heterocycles. The standard InChI is InChI=1S/C17H13ClFN7S/c1-25(11-7-22-26(9-11)10-3-5-20-6-4-10)16-12-8-21-17(27-2)23-14(12)13(19)15(18)24-16/h3-9H,1-2H3. The predicted molar refractivity (Wildman–Crippen MR) is 104 cm³/mol. The number of hydrogen-bond donors (Lipinski definition) is 0. The zero-order valence-corrected chi connectivity index (χ0v) is 15.9. The van der Waals surface area contributed by atoms with Crippen molar-refractivity contribution in [3.05, 3.63) is 54.1 Å². The van der Waals surface area contributed by atoms with Crippen molar-refractivity contribution in [2.45, 2.75) is 5.16 Å². The summed E-state index contributed by atoms with van der Waals surface area (Å²) in [6.45, 7) is 0. The maximum absolute atomic E-state index is 14.5. The van der Waals surface area contributed by atoms with E-state index in [2.05, 4.69) is 25.0 Å². The summed E-state index contributed by atoms with van der Waals surface area (Å²) in [4.78, 5) is 18.4. The van der Waals surface area contributed by atoms with Crippen LogP contribution >= 0.6 is 23.4 Å². The highest BCUT2D eigenvalue weighted by Crippen LogP contribution is 2.33. The van der Waals surface area contributed by atoms with E-state index < -0.39 is 5.82 Å². The average molecular weight is 402 g/mol. The van der Waals surface area contributed by atoms with Crippen LogP contribution in [0.15, 0.2) is 48.3 Å². The van der Waals surface area contributed by atoms with Crippen LogP contribution in [-0.4, -0.2) is 43.0 Å². The Bertz CT molecular complexity index is 1120. The van der Waals surface area contributed by atoms with Crippen LogP contribution in [0.2, 0.25) is 5.15 Å². The Morgan fingerprint density at radius 3 is 2.70 bits per heavy atom. The lowest BCUT2D eigenvalue weighted by Gasteiger charge is -2.18. The normalized spacial score (nSPS) is 11.1. The number of nitrogens with zero attached hydrogens (tertiary/aromatic N) is 7. The average Bonchev–Trinajstić information content (AvgIpc) is 3.21. The van der Waals surface area contributed by atoms with Crippen molar-refractivity contribution in [1.82, 2.24) is 29.7 Å². The Hall–Kier alpha value is -2.78. The van der Waals surface area contributed by atoms with E-state index in [0.29, 0.717) is 16.4 Å². The van der Waals surface area contributed by atoms with E-state index in [-0.39, 0.29) is 10.7 Å². The minimum atomic E-state index is -0.658. The lowest BCUT2D eigenvalue weighted by atomic mass is 10.2. The van der Waals surface area contributed by atoms with Crippen molar-refractivity contribution in [2.24, 2.45) is 0 Å². The van der Waals surface area contributed by atoms with Gasteiger partial charge < -0.3 is 4.90 Å². The number of anilines is 2. The quantitative estimate of drug-likeness (QED) is 0.292.